The zero-order valence-corrected chi connectivity index (χ0v) is 12.0. The minimum absolute atomic E-state index is 0.0644. The van der Waals surface area contributed by atoms with Crippen LogP contribution in [0.15, 0.2) is 0 Å². The SMILES string of the molecule is CCCC(CCC)OC(=O)CC(=O)OCC(C)C. The first-order valence-electron chi connectivity index (χ1n) is 6.84. The second kappa shape index (κ2) is 9.92. The summed E-state index contributed by atoms with van der Waals surface area (Å²) in [5.74, 6) is -0.700. The van der Waals surface area contributed by atoms with Crippen LogP contribution in [0, 0.1) is 5.92 Å². The molecule has 4 heteroatoms. The second-order valence-electron chi connectivity index (χ2n) is 4.94. The number of hydrogen-bond acceptors (Lipinski definition) is 4. The summed E-state index contributed by atoms with van der Waals surface area (Å²) in [6.07, 6.45) is 3.29. The molecule has 0 aliphatic rings. The Balaban J connectivity index is 3.95. The van der Waals surface area contributed by atoms with E-state index in [0.717, 1.165) is 25.7 Å². The number of carbonyl (C=O) groups is 2. The smallest absolute Gasteiger partial charge is 0.317 e. The van der Waals surface area contributed by atoms with E-state index in [1.807, 2.05) is 27.7 Å². The van der Waals surface area contributed by atoms with Gasteiger partial charge in [0.2, 0.25) is 0 Å². The molecule has 0 aliphatic heterocycles. The molecule has 4 nitrogen and oxygen atoms in total. The Labute approximate surface area is 110 Å². The van der Waals surface area contributed by atoms with Gasteiger partial charge in [0.25, 0.3) is 0 Å². The van der Waals surface area contributed by atoms with E-state index in [9.17, 15) is 9.59 Å². The van der Waals surface area contributed by atoms with Crippen molar-refractivity contribution in [1.82, 2.24) is 0 Å². The van der Waals surface area contributed by atoms with Crippen LogP contribution in [0.2, 0.25) is 0 Å². The molecule has 0 aromatic carbocycles. The lowest BCUT2D eigenvalue weighted by atomic mass is 10.1. The Morgan fingerprint density at radius 1 is 1.00 bits per heavy atom. The first-order chi connectivity index (χ1) is 8.49. The lowest BCUT2D eigenvalue weighted by Crippen LogP contribution is -2.21. The highest BCUT2D eigenvalue weighted by molar-refractivity contribution is 5.91. The van der Waals surface area contributed by atoms with Crippen LogP contribution >= 0.6 is 0 Å². The van der Waals surface area contributed by atoms with Gasteiger partial charge < -0.3 is 9.47 Å². The van der Waals surface area contributed by atoms with Gasteiger partial charge in [0.15, 0.2) is 0 Å². The number of hydrogen-bond donors (Lipinski definition) is 0. The van der Waals surface area contributed by atoms with Crippen molar-refractivity contribution < 1.29 is 19.1 Å². The van der Waals surface area contributed by atoms with Crippen molar-refractivity contribution in [2.75, 3.05) is 6.61 Å². The molecular weight excluding hydrogens is 232 g/mol. The summed E-state index contributed by atoms with van der Waals surface area (Å²) in [4.78, 5) is 22.9. The molecule has 0 rings (SSSR count). The average molecular weight is 258 g/mol. The third-order valence-electron chi connectivity index (χ3n) is 2.39. The van der Waals surface area contributed by atoms with Gasteiger partial charge in [-0.05, 0) is 18.8 Å². The monoisotopic (exact) mass is 258 g/mol. The van der Waals surface area contributed by atoms with Crippen LogP contribution in [0.4, 0.5) is 0 Å². The molecule has 0 aromatic heterocycles. The van der Waals surface area contributed by atoms with E-state index >= 15 is 0 Å². The third kappa shape index (κ3) is 9.02. The van der Waals surface area contributed by atoms with Crippen molar-refractivity contribution in [3.8, 4) is 0 Å². The summed E-state index contributed by atoms with van der Waals surface area (Å²) >= 11 is 0. The minimum Gasteiger partial charge on any atom is -0.465 e. The molecular formula is C14H26O4. The topological polar surface area (TPSA) is 52.6 Å². The second-order valence-corrected chi connectivity index (χ2v) is 4.94. The Morgan fingerprint density at radius 2 is 1.56 bits per heavy atom. The predicted octanol–water partition coefficient (Wildman–Crippen LogP) is 3.09. The average Bonchev–Trinajstić information content (AvgIpc) is 2.26. The lowest BCUT2D eigenvalue weighted by molar-refractivity contribution is -0.158. The van der Waals surface area contributed by atoms with Gasteiger partial charge in [0.05, 0.1) is 6.61 Å². The zero-order chi connectivity index (χ0) is 14.0. The molecule has 0 saturated heterocycles. The maximum atomic E-state index is 11.5. The third-order valence-corrected chi connectivity index (χ3v) is 2.39. The van der Waals surface area contributed by atoms with Gasteiger partial charge in [-0.1, -0.05) is 40.5 Å². The van der Waals surface area contributed by atoms with Gasteiger partial charge in [0, 0.05) is 0 Å². The van der Waals surface area contributed by atoms with E-state index in [0.29, 0.717) is 6.61 Å². The molecule has 0 amide bonds. The molecule has 0 bridgehead atoms. The summed E-state index contributed by atoms with van der Waals surface area (Å²) in [6, 6.07) is 0. The molecule has 106 valence electrons. The van der Waals surface area contributed by atoms with Crippen LogP contribution in [0.3, 0.4) is 0 Å². The first kappa shape index (κ1) is 16.9. The molecule has 18 heavy (non-hydrogen) atoms. The van der Waals surface area contributed by atoms with Gasteiger partial charge in [0.1, 0.15) is 12.5 Å². The zero-order valence-electron chi connectivity index (χ0n) is 12.0. The fourth-order valence-corrected chi connectivity index (χ4v) is 1.56. The molecule has 0 aromatic rings. The molecule has 0 aliphatic carbocycles. The van der Waals surface area contributed by atoms with E-state index in [2.05, 4.69) is 0 Å². The Morgan fingerprint density at radius 3 is 2.00 bits per heavy atom. The van der Waals surface area contributed by atoms with Crippen molar-refractivity contribution in [3.63, 3.8) is 0 Å². The fourth-order valence-electron chi connectivity index (χ4n) is 1.56. The van der Waals surface area contributed by atoms with Crippen molar-refractivity contribution in [3.05, 3.63) is 0 Å². The number of carbonyl (C=O) groups excluding carboxylic acids is 2. The van der Waals surface area contributed by atoms with E-state index < -0.39 is 11.9 Å². The highest BCUT2D eigenvalue weighted by atomic mass is 16.6. The first-order valence-corrected chi connectivity index (χ1v) is 6.84. The summed E-state index contributed by atoms with van der Waals surface area (Å²) in [6.45, 7) is 8.34. The summed E-state index contributed by atoms with van der Waals surface area (Å²) in [5, 5.41) is 0. The van der Waals surface area contributed by atoms with Crippen molar-refractivity contribution >= 4 is 11.9 Å². The van der Waals surface area contributed by atoms with Crippen LogP contribution in [-0.2, 0) is 19.1 Å². The molecule has 0 heterocycles. The highest BCUT2D eigenvalue weighted by Gasteiger charge is 2.17. The van der Waals surface area contributed by atoms with E-state index in [4.69, 9.17) is 9.47 Å². The predicted molar refractivity (Wildman–Crippen MR) is 70.1 cm³/mol. The number of ether oxygens (including phenoxy) is 2. The standard InChI is InChI=1S/C14H26O4/c1-5-7-12(8-6-2)18-14(16)9-13(15)17-10-11(3)4/h11-12H,5-10H2,1-4H3. The van der Waals surface area contributed by atoms with E-state index in [-0.39, 0.29) is 18.4 Å². The molecule has 0 N–H and O–H groups in total. The number of rotatable bonds is 9. The van der Waals surface area contributed by atoms with E-state index in [1.54, 1.807) is 0 Å². The maximum Gasteiger partial charge on any atom is 0.317 e. The molecule has 0 spiro atoms. The molecule has 0 fully saturated rings. The lowest BCUT2D eigenvalue weighted by Gasteiger charge is -2.16. The normalized spacial score (nSPS) is 10.8. The van der Waals surface area contributed by atoms with Gasteiger partial charge in [-0.3, -0.25) is 9.59 Å². The quantitative estimate of drug-likeness (QED) is 0.471. The fraction of sp³-hybridized carbons (Fsp3) is 0.857. The van der Waals surface area contributed by atoms with E-state index in [1.165, 1.54) is 0 Å². The van der Waals surface area contributed by atoms with Crippen LogP contribution in [-0.4, -0.2) is 24.6 Å². The van der Waals surface area contributed by atoms with Crippen molar-refractivity contribution in [2.24, 2.45) is 5.92 Å². The molecule has 0 unspecified atom stereocenters. The molecule has 0 saturated carbocycles. The van der Waals surface area contributed by atoms with Crippen LogP contribution in [0.1, 0.15) is 59.8 Å². The summed E-state index contributed by atoms with van der Waals surface area (Å²) in [5.41, 5.74) is 0. The molecule has 0 radical (unpaired) electrons. The maximum absolute atomic E-state index is 11.5. The Bertz CT molecular complexity index is 242. The Kier molecular flexibility index (Phi) is 9.33. The summed E-state index contributed by atoms with van der Waals surface area (Å²) < 4.78 is 10.2. The van der Waals surface area contributed by atoms with Crippen molar-refractivity contribution in [2.45, 2.75) is 65.9 Å². The van der Waals surface area contributed by atoms with Crippen LogP contribution in [0.5, 0.6) is 0 Å². The molecule has 0 atom stereocenters. The van der Waals surface area contributed by atoms with Crippen LogP contribution < -0.4 is 0 Å². The largest absolute Gasteiger partial charge is 0.465 e. The highest BCUT2D eigenvalue weighted by Crippen LogP contribution is 2.10. The van der Waals surface area contributed by atoms with Crippen LogP contribution in [0.25, 0.3) is 0 Å². The Hall–Kier alpha value is -1.06. The van der Waals surface area contributed by atoms with Gasteiger partial charge in [-0.25, -0.2) is 0 Å². The van der Waals surface area contributed by atoms with Crippen molar-refractivity contribution in [1.29, 1.82) is 0 Å². The van der Waals surface area contributed by atoms with Gasteiger partial charge in [-0.2, -0.15) is 0 Å². The summed E-state index contributed by atoms with van der Waals surface area (Å²) in [7, 11) is 0. The van der Waals surface area contributed by atoms with Gasteiger partial charge >= 0.3 is 11.9 Å². The minimum atomic E-state index is -0.500. The number of esters is 2. The van der Waals surface area contributed by atoms with Gasteiger partial charge in [-0.15, -0.1) is 0 Å².